The van der Waals surface area contributed by atoms with Crippen LogP contribution in [0.5, 0.6) is 0 Å². The van der Waals surface area contributed by atoms with Crippen LogP contribution in [0.25, 0.3) is 0 Å². The summed E-state index contributed by atoms with van der Waals surface area (Å²) in [4.78, 5) is 4.64. The van der Waals surface area contributed by atoms with E-state index >= 15 is 0 Å². The maximum atomic E-state index is 11.2. The van der Waals surface area contributed by atoms with Gasteiger partial charge in [0, 0.05) is 28.3 Å². The Kier molecular flexibility index (Phi) is 4.06. The zero-order valence-corrected chi connectivity index (χ0v) is 11.0. The number of nitrogens with zero attached hydrogens (tertiary/aromatic N) is 1. The average Bonchev–Trinajstić information content (AvgIpc) is 2.32. The third-order valence-electron chi connectivity index (χ3n) is 2.74. The van der Waals surface area contributed by atoms with E-state index < -0.39 is 10.8 Å². The van der Waals surface area contributed by atoms with Gasteiger partial charge in [0.1, 0.15) is 10.8 Å². The quantitative estimate of drug-likeness (QED) is 0.803. The molecule has 1 aromatic heterocycles. The Morgan fingerprint density at radius 3 is 2.82 bits per heavy atom. The topological polar surface area (TPSA) is 68.0 Å². The minimum absolute atomic E-state index is 0.304. The predicted octanol–water partition coefficient (Wildman–Crippen LogP) is 1.04. The molecule has 0 bridgehead atoms. The molecule has 0 amide bonds. The lowest BCUT2D eigenvalue weighted by Crippen LogP contribution is -2.29. The first-order valence-electron chi connectivity index (χ1n) is 5.53. The van der Waals surface area contributed by atoms with Crippen LogP contribution in [0, 0.1) is 0 Å². The molecule has 6 heteroatoms. The molecule has 17 heavy (non-hydrogen) atoms. The van der Waals surface area contributed by atoms with Gasteiger partial charge in [0.2, 0.25) is 0 Å². The maximum absolute atomic E-state index is 11.2. The summed E-state index contributed by atoms with van der Waals surface area (Å²) >= 11 is 4.89. The fraction of sp³-hybridized carbons (Fsp3) is 0.455. The zero-order chi connectivity index (χ0) is 12.3. The normalized spacial score (nSPS) is 24.2. The molecule has 0 aliphatic carbocycles. The van der Waals surface area contributed by atoms with Crippen molar-refractivity contribution in [3.05, 3.63) is 23.9 Å². The third kappa shape index (κ3) is 3.47. The lowest BCUT2D eigenvalue weighted by Gasteiger charge is -2.23. The standard InChI is InChI=1S/C11H15N3OS2/c12-11(16)9-2-1-3-10(14-9)13-8-4-6-17(15)7-5-8/h1-3,8H,4-7H2,(H2,12,16)(H,13,14). The van der Waals surface area contributed by atoms with Crippen LogP contribution in [-0.2, 0) is 10.8 Å². The smallest absolute Gasteiger partial charge is 0.126 e. The number of thiocarbonyl (C=S) groups is 1. The van der Waals surface area contributed by atoms with Gasteiger partial charge >= 0.3 is 0 Å². The predicted molar refractivity (Wildman–Crippen MR) is 74.6 cm³/mol. The van der Waals surface area contributed by atoms with Crippen molar-refractivity contribution in [3.8, 4) is 0 Å². The van der Waals surface area contributed by atoms with Crippen LogP contribution < -0.4 is 11.1 Å². The minimum Gasteiger partial charge on any atom is -0.388 e. The highest BCUT2D eigenvalue weighted by atomic mass is 32.2. The van der Waals surface area contributed by atoms with Gasteiger partial charge in [-0.3, -0.25) is 4.21 Å². The number of rotatable bonds is 3. The Balaban J connectivity index is 2.01. The van der Waals surface area contributed by atoms with Crippen LogP contribution >= 0.6 is 12.2 Å². The van der Waals surface area contributed by atoms with E-state index in [9.17, 15) is 4.21 Å². The van der Waals surface area contributed by atoms with Gasteiger partial charge in [-0.1, -0.05) is 18.3 Å². The van der Waals surface area contributed by atoms with Crippen LogP contribution in [-0.4, -0.2) is 31.7 Å². The molecule has 1 aliphatic rings. The summed E-state index contributed by atoms with van der Waals surface area (Å²) in [5.41, 5.74) is 6.16. The number of nitrogens with two attached hydrogens (primary N) is 1. The molecule has 1 fully saturated rings. The summed E-state index contributed by atoms with van der Waals surface area (Å²) in [5, 5.41) is 3.34. The third-order valence-corrected chi connectivity index (χ3v) is 4.33. The summed E-state index contributed by atoms with van der Waals surface area (Å²) in [6.45, 7) is 0. The lowest BCUT2D eigenvalue weighted by atomic mass is 10.1. The second kappa shape index (κ2) is 5.55. The number of anilines is 1. The summed E-state index contributed by atoms with van der Waals surface area (Å²) < 4.78 is 11.2. The summed E-state index contributed by atoms with van der Waals surface area (Å²) in [6.07, 6.45) is 1.84. The van der Waals surface area contributed by atoms with Crippen molar-refractivity contribution in [2.45, 2.75) is 18.9 Å². The Hall–Kier alpha value is -1.01. The number of hydrogen-bond acceptors (Lipinski definition) is 4. The van der Waals surface area contributed by atoms with Crippen molar-refractivity contribution in [2.24, 2.45) is 5.73 Å². The Morgan fingerprint density at radius 2 is 2.18 bits per heavy atom. The van der Waals surface area contributed by atoms with Crippen LogP contribution in [0.2, 0.25) is 0 Å². The molecule has 92 valence electrons. The number of nitrogens with one attached hydrogen (secondary N) is 1. The highest BCUT2D eigenvalue weighted by Gasteiger charge is 2.17. The first-order chi connectivity index (χ1) is 8.15. The van der Waals surface area contributed by atoms with Crippen molar-refractivity contribution < 1.29 is 4.21 Å². The fourth-order valence-electron chi connectivity index (χ4n) is 1.80. The molecule has 1 aliphatic heterocycles. The first-order valence-corrected chi connectivity index (χ1v) is 7.43. The van der Waals surface area contributed by atoms with Gasteiger partial charge in [-0.25, -0.2) is 4.98 Å². The van der Waals surface area contributed by atoms with Crippen molar-refractivity contribution in [1.82, 2.24) is 4.98 Å². The van der Waals surface area contributed by atoms with Gasteiger partial charge in [0.15, 0.2) is 0 Å². The Labute approximate surface area is 108 Å². The van der Waals surface area contributed by atoms with E-state index in [1.807, 2.05) is 12.1 Å². The van der Waals surface area contributed by atoms with E-state index in [4.69, 9.17) is 18.0 Å². The van der Waals surface area contributed by atoms with E-state index in [2.05, 4.69) is 10.3 Å². The van der Waals surface area contributed by atoms with Crippen LogP contribution in [0.3, 0.4) is 0 Å². The molecule has 0 spiro atoms. The van der Waals surface area contributed by atoms with Gasteiger partial charge in [-0.15, -0.1) is 0 Å². The minimum atomic E-state index is -0.632. The van der Waals surface area contributed by atoms with Crippen molar-refractivity contribution in [2.75, 3.05) is 16.8 Å². The molecule has 0 saturated carbocycles. The van der Waals surface area contributed by atoms with Crippen LogP contribution in [0.4, 0.5) is 5.82 Å². The van der Waals surface area contributed by atoms with E-state index in [-0.39, 0.29) is 0 Å². The zero-order valence-electron chi connectivity index (χ0n) is 9.39. The van der Waals surface area contributed by atoms with E-state index in [0.717, 1.165) is 30.2 Å². The molecule has 0 unspecified atom stereocenters. The highest BCUT2D eigenvalue weighted by molar-refractivity contribution is 7.85. The molecule has 1 aromatic rings. The monoisotopic (exact) mass is 269 g/mol. The van der Waals surface area contributed by atoms with E-state index in [1.54, 1.807) is 6.07 Å². The largest absolute Gasteiger partial charge is 0.388 e. The van der Waals surface area contributed by atoms with E-state index in [0.29, 0.717) is 16.7 Å². The molecule has 2 rings (SSSR count). The number of pyridine rings is 1. The molecule has 2 heterocycles. The molecular formula is C11H15N3OS2. The fourth-order valence-corrected chi connectivity index (χ4v) is 3.21. The van der Waals surface area contributed by atoms with Crippen LogP contribution in [0.15, 0.2) is 18.2 Å². The highest BCUT2D eigenvalue weighted by Crippen LogP contribution is 2.15. The van der Waals surface area contributed by atoms with Crippen LogP contribution in [0.1, 0.15) is 18.5 Å². The molecule has 1 saturated heterocycles. The van der Waals surface area contributed by atoms with Crippen molar-refractivity contribution in [1.29, 1.82) is 0 Å². The summed E-state index contributed by atoms with van der Waals surface area (Å²) in [5.74, 6) is 2.33. The summed E-state index contributed by atoms with van der Waals surface area (Å²) in [7, 11) is -0.632. The SMILES string of the molecule is NC(=S)c1cccc(NC2CCS(=O)CC2)n1. The van der Waals surface area contributed by atoms with Crippen molar-refractivity contribution >= 4 is 33.8 Å². The maximum Gasteiger partial charge on any atom is 0.126 e. The van der Waals surface area contributed by atoms with E-state index in [1.165, 1.54) is 0 Å². The van der Waals surface area contributed by atoms with Crippen molar-refractivity contribution in [3.63, 3.8) is 0 Å². The molecule has 0 radical (unpaired) electrons. The molecule has 3 N–H and O–H groups in total. The van der Waals surface area contributed by atoms with Gasteiger partial charge in [-0.05, 0) is 25.0 Å². The van der Waals surface area contributed by atoms with Gasteiger partial charge in [0.25, 0.3) is 0 Å². The lowest BCUT2D eigenvalue weighted by molar-refractivity contribution is 0.622. The summed E-state index contributed by atoms with van der Waals surface area (Å²) in [6, 6.07) is 5.92. The second-order valence-electron chi connectivity index (χ2n) is 4.04. The molecule has 0 atom stereocenters. The number of aromatic nitrogens is 1. The number of hydrogen-bond donors (Lipinski definition) is 2. The molecular weight excluding hydrogens is 254 g/mol. The van der Waals surface area contributed by atoms with Gasteiger partial charge in [-0.2, -0.15) is 0 Å². The first kappa shape index (κ1) is 12.4. The second-order valence-corrected chi connectivity index (χ2v) is 6.17. The average molecular weight is 269 g/mol. The molecule has 0 aromatic carbocycles. The molecule has 4 nitrogen and oxygen atoms in total. The van der Waals surface area contributed by atoms with Gasteiger partial charge in [0.05, 0.1) is 5.69 Å². The Morgan fingerprint density at radius 1 is 1.47 bits per heavy atom. The Bertz CT molecular complexity index is 440. The van der Waals surface area contributed by atoms with Gasteiger partial charge < -0.3 is 11.1 Å².